The van der Waals surface area contributed by atoms with Crippen molar-refractivity contribution in [2.75, 3.05) is 26.4 Å². The summed E-state index contributed by atoms with van der Waals surface area (Å²) in [5, 5.41) is 28.0. The van der Waals surface area contributed by atoms with Crippen LogP contribution < -0.4 is 42.6 Å². The number of phenolic OH excluding ortho intramolecular Hbond substituents is 3. The number of carbonyl (C=O) groups excluding carboxylic acids is 5. The average Bonchev–Trinajstić information content (AvgIpc) is 2.43. The van der Waals surface area contributed by atoms with E-state index >= 15 is 0 Å². The Morgan fingerprint density at radius 2 is 0.686 bits per heavy atom. The van der Waals surface area contributed by atoms with Gasteiger partial charge in [-0.3, -0.25) is 0 Å². The number of rotatable bonds is 27. The van der Waals surface area contributed by atoms with E-state index in [-0.39, 0.29) is 39.5 Å². The SMILES string of the molecule is C=C(C)C(=O)Oc1ccc(OC(=O)c2cc(O)c(O)c(O)c2)cc1.C=C(C)C(=O)Oc1ccc(OC(=O)c2ccc(OC(C)OCC)c(OC(C)OCC)c2)cc1.C=Cc1ccc(OC(=O)c2ccc(OC(C)OCC)c(OC(C)OCC)c2)cc1. The third-order valence-corrected chi connectivity index (χ3v) is 11.0. The van der Waals surface area contributed by atoms with E-state index in [0.717, 1.165) is 17.7 Å². The molecule has 0 aliphatic carbocycles. The molecule has 0 bridgehead atoms. The Morgan fingerprint density at radius 3 is 0.977 bits per heavy atom. The van der Waals surface area contributed by atoms with E-state index in [1.54, 1.807) is 83.2 Å². The molecule has 0 aliphatic heterocycles. The van der Waals surface area contributed by atoms with Crippen molar-refractivity contribution in [1.29, 1.82) is 0 Å². The van der Waals surface area contributed by atoms with Crippen LogP contribution in [0.3, 0.4) is 0 Å². The van der Waals surface area contributed by atoms with Crippen LogP contribution in [0.2, 0.25) is 0 Å². The van der Waals surface area contributed by atoms with Gasteiger partial charge in [-0.05, 0) is 184 Å². The second kappa shape index (κ2) is 34.8. The van der Waals surface area contributed by atoms with Gasteiger partial charge in [0.05, 0.1) is 16.7 Å². The van der Waals surface area contributed by atoms with Crippen molar-refractivity contribution in [3.05, 3.63) is 174 Å². The number of carbonyl (C=O) groups is 5. The lowest BCUT2D eigenvalue weighted by Gasteiger charge is -2.20. The highest BCUT2D eigenvalue weighted by molar-refractivity contribution is 5.94. The van der Waals surface area contributed by atoms with Crippen molar-refractivity contribution in [1.82, 2.24) is 0 Å². The smallest absolute Gasteiger partial charge is 0.343 e. The number of hydrogen-bond donors (Lipinski definition) is 3. The van der Waals surface area contributed by atoms with E-state index in [1.807, 2.05) is 39.8 Å². The van der Waals surface area contributed by atoms with Gasteiger partial charge in [-0.15, -0.1) is 0 Å². The summed E-state index contributed by atoms with van der Waals surface area (Å²) in [5.74, 6) is -2.10. The fourth-order valence-electron chi connectivity index (χ4n) is 6.87. The van der Waals surface area contributed by atoms with Gasteiger partial charge in [-0.2, -0.15) is 0 Å². The van der Waals surface area contributed by atoms with Crippen molar-refractivity contribution in [3.8, 4) is 69.0 Å². The number of phenols is 3. The van der Waals surface area contributed by atoms with Gasteiger partial charge in [0, 0.05) is 37.6 Å². The fourth-order valence-corrected chi connectivity index (χ4v) is 6.87. The highest BCUT2D eigenvalue weighted by Gasteiger charge is 2.21. The maximum Gasteiger partial charge on any atom is 0.343 e. The van der Waals surface area contributed by atoms with Gasteiger partial charge in [0.1, 0.15) is 28.7 Å². The molecule has 21 nitrogen and oxygen atoms in total. The summed E-state index contributed by atoms with van der Waals surface area (Å²) in [4.78, 5) is 60.2. The Hall–Kier alpha value is -9.67. The first-order valence-corrected chi connectivity index (χ1v) is 27.0. The van der Waals surface area contributed by atoms with Gasteiger partial charge in [0.15, 0.2) is 65.4 Å². The predicted octanol–water partition coefficient (Wildman–Crippen LogP) is 12.5. The average molecular weight is 1190 g/mol. The number of ether oxygens (including phenoxy) is 13. The van der Waals surface area contributed by atoms with Crippen molar-refractivity contribution >= 4 is 35.9 Å². The van der Waals surface area contributed by atoms with E-state index < -0.39 is 72.3 Å². The minimum atomic E-state index is -0.854. The number of aromatic hydroxyl groups is 3. The fraction of sp³-hybridized carbons (Fsp3) is 0.277. The molecule has 6 aromatic rings. The van der Waals surface area contributed by atoms with E-state index in [2.05, 4.69) is 19.7 Å². The zero-order valence-corrected chi connectivity index (χ0v) is 49.6. The first kappa shape index (κ1) is 68.8. The standard InChI is InChI=1S/C25H30O8.C23H28O6.C17H14O7/c1-7-28-17(5)30-22-14-9-19(15-23(22)31-18(6)29-8-2)25(27)33-21-12-10-20(11-13-21)32-24(26)16(3)4;1-6-18-9-12-20(13-10-18)29-23(24)19-11-14-21(27-16(4)25-7-2)22(15-19)28-17(5)26-8-3;1-9(2)16(21)23-11-3-5-12(6-4-11)24-17(22)10-7-13(18)15(20)14(19)8-10/h9-15,17-18H,3,7-8H2,1-2,4-6H3;6,9-17H,1,7-8H2,2-5H3;3-8,18-20H,1H2,2H3. The molecule has 6 rings (SSSR count). The third kappa shape index (κ3) is 22.8. The highest BCUT2D eigenvalue weighted by Crippen LogP contribution is 2.36. The van der Waals surface area contributed by atoms with Crippen LogP contribution >= 0.6 is 0 Å². The Morgan fingerprint density at radius 1 is 0.407 bits per heavy atom. The summed E-state index contributed by atoms with van der Waals surface area (Å²) in [5.41, 5.74) is 1.90. The van der Waals surface area contributed by atoms with Crippen LogP contribution in [-0.2, 0) is 28.5 Å². The van der Waals surface area contributed by atoms with Gasteiger partial charge in [0.25, 0.3) is 0 Å². The van der Waals surface area contributed by atoms with Crippen molar-refractivity contribution in [2.45, 2.75) is 94.4 Å². The molecule has 0 saturated heterocycles. The summed E-state index contributed by atoms with van der Waals surface area (Å²) in [6, 6.07) is 30.3. The number of esters is 5. The Bertz CT molecular complexity index is 3220. The molecule has 0 heterocycles. The molecule has 458 valence electrons. The summed E-state index contributed by atoms with van der Waals surface area (Å²) >= 11 is 0. The van der Waals surface area contributed by atoms with Gasteiger partial charge in [0.2, 0.25) is 0 Å². The minimum Gasteiger partial charge on any atom is -0.504 e. The molecule has 4 unspecified atom stereocenters. The normalized spacial score (nSPS) is 11.8. The maximum absolute atomic E-state index is 12.7. The topological polar surface area (TPSA) is 266 Å². The molecule has 0 aliphatic rings. The van der Waals surface area contributed by atoms with Gasteiger partial charge in [-0.1, -0.05) is 37.9 Å². The second-order valence-electron chi connectivity index (χ2n) is 18.0. The van der Waals surface area contributed by atoms with Crippen LogP contribution in [-0.4, -0.2) is 96.8 Å². The summed E-state index contributed by atoms with van der Waals surface area (Å²) in [6.45, 7) is 30.3. The molecule has 21 heteroatoms. The highest BCUT2D eigenvalue weighted by atomic mass is 16.7. The molecular formula is C65H72O21. The molecule has 6 aromatic carbocycles. The van der Waals surface area contributed by atoms with Gasteiger partial charge >= 0.3 is 29.8 Å². The molecule has 0 radical (unpaired) electrons. The lowest BCUT2D eigenvalue weighted by molar-refractivity contribution is -0.130. The van der Waals surface area contributed by atoms with Crippen LogP contribution in [0.1, 0.15) is 106 Å². The first-order valence-electron chi connectivity index (χ1n) is 27.0. The molecule has 0 fully saturated rings. The Balaban J connectivity index is 0.000000280. The molecule has 0 aromatic heterocycles. The summed E-state index contributed by atoms with van der Waals surface area (Å²) < 4.78 is 70.9. The Kier molecular flexibility index (Phi) is 27.9. The molecular weight excluding hydrogens is 1120 g/mol. The number of hydrogen-bond acceptors (Lipinski definition) is 21. The van der Waals surface area contributed by atoms with E-state index in [0.29, 0.717) is 66.5 Å². The predicted molar refractivity (Wildman–Crippen MR) is 316 cm³/mol. The number of benzene rings is 6. The van der Waals surface area contributed by atoms with Gasteiger partial charge in [-0.25, -0.2) is 24.0 Å². The quantitative estimate of drug-likeness (QED) is 0.0142. The van der Waals surface area contributed by atoms with E-state index in [4.69, 9.17) is 61.6 Å². The van der Waals surface area contributed by atoms with E-state index in [9.17, 15) is 39.3 Å². The van der Waals surface area contributed by atoms with Crippen LogP contribution in [0.25, 0.3) is 6.08 Å². The summed E-state index contributed by atoms with van der Waals surface area (Å²) in [7, 11) is 0. The second-order valence-corrected chi connectivity index (χ2v) is 18.0. The molecule has 0 saturated carbocycles. The molecule has 0 amide bonds. The first-order chi connectivity index (χ1) is 41.0. The van der Waals surface area contributed by atoms with Gasteiger partial charge < -0.3 is 76.9 Å². The van der Waals surface area contributed by atoms with Crippen LogP contribution in [0.15, 0.2) is 152 Å². The van der Waals surface area contributed by atoms with Crippen molar-refractivity contribution in [2.24, 2.45) is 0 Å². The molecule has 3 N–H and O–H groups in total. The minimum absolute atomic E-state index is 0.152. The zero-order valence-electron chi connectivity index (χ0n) is 49.6. The van der Waals surface area contributed by atoms with Crippen molar-refractivity contribution in [3.63, 3.8) is 0 Å². The molecule has 0 spiro atoms. The maximum atomic E-state index is 12.7. The Labute approximate surface area is 499 Å². The molecule has 86 heavy (non-hydrogen) atoms. The monoisotopic (exact) mass is 1190 g/mol. The van der Waals surface area contributed by atoms with Crippen LogP contribution in [0.5, 0.6) is 69.0 Å². The third-order valence-electron chi connectivity index (χ3n) is 11.0. The van der Waals surface area contributed by atoms with Crippen molar-refractivity contribution < 1.29 is 101 Å². The zero-order chi connectivity index (χ0) is 63.5. The van der Waals surface area contributed by atoms with E-state index in [1.165, 1.54) is 61.5 Å². The lowest BCUT2D eigenvalue weighted by Crippen LogP contribution is -2.20. The largest absolute Gasteiger partial charge is 0.504 e. The van der Waals surface area contributed by atoms with Crippen LogP contribution in [0.4, 0.5) is 0 Å². The molecule has 4 atom stereocenters. The lowest BCUT2D eigenvalue weighted by atomic mass is 10.2. The van der Waals surface area contributed by atoms with Crippen LogP contribution in [0, 0.1) is 0 Å². The summed E-state index contributed by atoms with van der Waals surface area (Å²) in [6.07, 6.45) is -0.319.